The first kappa shape index (κ1) is 88.0. The molecule has 5 aromatic carbocycles. The second kappa shape index (κ2) is 40.0. The highest BCUT2D eigenvalue weighted by Gasteiger charge is 2.23. The molecule has 0 aliphatic carbocycles. The molecule has 20 bridgehead atoms. The minimum Gasteiger partial charge on any atom is -0.497 e. The van der Waals surface area contributed by atoms with Crippen LogP contribution < -0.4 is 114 Å². The van der Waals surface area contributed by atoms with Gasteiger partial charge in [-0.3, -0.25) is 22.8 Å². The summed E-state index contributed by atoms with van der Waals surface area (Å²) in [5.74, 6) is 5.90. The third kappa shape index (κ3) is 20.9. The van der Waals surface area contributed by atoms with Crippen LogP contribution in [0.1, 0.15) is 66.3 Å². The van der Waals surface area contributed by atoms with E-state index in [0.29, 0.717) is 173 Å². The molecule has 5 aliphatic heterocycles. The summed E-state index contributed by atoms with van der Waals surface area (Å²) in [6.45, 7) is 5.61. The minimum absolute atomic E-state index is 0. The summed E-state index contributed by atoms with van der Waals surface area (Å²) in [5, 5.41) is 0. The van der Waals surface area contributed by atoms with Crippen molar-refractivity contribution in [2.45, 2.75) is 71.2 Å². The second-order valence-corrected chi connectivity index (χ2v) is 29.8. The van der Waals surface area contributed by atoms with Crippen molar-refractivity contribution in [2.24, 2.45) is 0 Å². The van der Waals surface area contributed by atoms with Gasteiger partial charge < -0.3 is 110 Å². The number of hydrogen-bond donors (Lipinski definition) is 10. The maximum atomic E-state index is 13.9. The third-order valence-electron chi connectivity index (χ3n) is 20.9. The Kier molecular flexibility index (Phi) is 27.3. The first-order valence-electron chi connectivity index (χ1n) is 40.9. The van der Waals surface area contributed by atoms with Gasteiger partial charge in [0.05, 0.1) is 108 Å². The van der Waals surface area contributed by atoms with Crippen LogP contribution in [0.25, 0.3) is 55.2 Å². The largest absolute Gasteiger partial charge is 0.497 e. The van der Waals surface area contributed by atoms with E-state index in [4.69, 9.17) is 85.5 Å². The molecule has 0 radical (unpaired) electrons. The number of halogens is 3. The van der Waals surface area contributed by atoms with Crippen LogP contribution in [0.2, 0.25) is 0 Å². The fraction of sp³-hybridized carbons (Fsp3) is 0.258. The van der Waals surface area contributed by atoms with Crippen molar-refractivity contribution in [3.63, 3.8) is 0 Å². The van der Waals surface area contributed by atoms with Gasteiger partial charge in [0.1, 0.15) is 89.4 Å². The average Bonchev–Trinajstić information content (AvgIpc) is 1.66. The molecule has 20 rings (SSSR count). The second-order valence-electron chi connectivity index (χ2n) is 29.8. The van der Waals surface area contributed by atoms with Crippen LogP contribution in [0.15, 0.2) is 188 Å². The Labute approximate surface area is 737 Å². The molecule has 0 fully saturated rings. The molecule has 15 heterocycles. The van der Waals surface area contributed by atoms with E-state index in [1.165, 1.54) is 21.3 Å². The number of anilines is 5. The predicted molar refractivity (Wildman–Crippen MR) is 482 cm³/mol. The number of nitrogens with zero attached hydrogens (tertiary/aromatic N) is 10. The number of H-pyrrole nitrogens is 5. The Hall–Kier alpha value is -15.8. The van der Waals surface area contributed by atoms with Gasteiger partial charge in [0.2, 0.25) is 29.4 Å². The van der Waals surface area contributed by atoms with E-state index >= 15 is 0 Å². The first-order valence-corrected chi connectivity index (χ1v) is 40.9. The van der Waals surface area contributed by atoms with E-state index in [9.17, 15) is 32.8 Å². The highest BCUT2D eigenvalue weighted by molar-refractivity contribution is 5.89. The number of aromatic nitrogens is 15. The van der Waals surface area contributed by atoms with Crippen molar-refractivity contribution in [2.75, 3.05) is 109 Å². The Bertz CT molecular complexity index is 6880. The molecule has 0 saturated carbocycles. The van der Waals surface area contributed by atoms with Crippen LogP contribution in [0.4, 0.5) is 37.9 Å². The van der Waals surface area contributed by atoms with E-state index in [1.807, 2.05) is 72.8 Å². The summed E-state index contributed by atoms with van der Waals surface area (Å²) in [5.41, 5.74) is 38.2. The third-order valence-corrected chi connectivity index (χ3v) is 20.9. The lowest BCUT2D eigenvalue weighted by Crippen LogP contribution is -2.17. The monoisotopic (exact) mass is 1780 g/mol. The molecule has 0 saturated heterocycles. The molecule has 40 heteroatoms. The lowest BCUT2D eigenvalue weighted by atomic mass is 10.2. The maximum absolute atomic E-state index is 13.9. The lowest BCUT2D eigenvalue weighted by molar-refractivity contribution is 0.260. The highest BCUT2D eigenvalue weighted by Crippen LogP contribution is 2.33. The summed E-state index contributed by atoms with van der Waals surface area (Å²) in [6.07, 6.45) is 16.1. The zero-order valence-corrected chi connectivity index (χ0v) is 70.7. The summed E-state index contributed by atoms with van der Waals surface area (Å²) < 4.78 is 103. The average molecular weight is 1790 g/mol. The lowest BCUT2D eigenvalue weighted by Gasteiger charge is -2.13. The Morgan fingerprint density at radius 2 is 0.628 bits per heavy atom. The van der Waals surface area contributed by atoms with Gasteiger partial charge >= 0.3 is 28.4 Å². The summed E-state index contributed by atoms with van der Waals surface area (Å²) in [6, 6.07) is 36.6. The van der Waals surface area contributed by atoms with Gasteiger partial charge in [0.15, 0.2) is 52.2 Å². The Morgan fingerprint density at radius 1 is 0.318 bits per heavy atom. The molecule has 0 atom stereocenters. The van der Waals surface area contributed by atoms with Crippen LogP contribution in [-0.2, 0) is 32.7 Å². The van der Waals surface area contributed by atoms with Crippen molar-refractivity contribution in [1.29, 1.82) is 0 Å². The number of nitrogens with one attached hydrogen (secondary N) is 5. The van der Waals surface area contributed by atoms with Gasteiger partial charge in [-0.2, -0.15) is 24.9 Å². The number of nitrogens with two attached hydrogens (primary N) is 5. The molecule has 15 N–H and O–H groups in total. The van der Waals surface area contributed by atoms with E-state index in [0.717, 1.165) is 65.7 Å². The van der Waals surface area contributed by atoms with Gasteiger partial charge in [-0.25, -0.2) is 32.8 Å². The van der Waals surface area contributed by atoms with Crippen LogP contribution >= 0.6 is 12.4 Å². The molecular weight excluding hydrogens is 1690 g/mol. The number of benzene rings is 5. The zero-order valence-electron chi connectivity index (χ0n) is 69.9. The summed E-state index contributed by atoms with van der Waals surface area (Å²) in [7, 11) is 3.20. The Morgan fingerprint density at radius 3 is 1.02 bits per heavy atom. The van der Waals surface area contributed by atoms with Crippen molar-refractivity contribution in [1.82, 2.24) is 72.7 Å². The normalized spacial score (nSPS) is 15.1. The number of hydrogen-bond acceptors (Lipinski definition) is 27. The van der Waals surface area contributed by atoms with Crippen LogP contribution in [0, 0.1) is 11.6 Å². The molecule has 0 amide bonds. The van der Waals surface area contributed by atoms with Gasteiger partial charge in [0, 0.05) is 42.5 Å². The number of aromatic amines is 5. The van der Waals surface area contributed by atoms with E-state index in [-0.39, 0.29) is 121 Å². The number of pyridine rings is 5. The maximum Gasteiger partial charge on any atom is 0.326 e. The topological polar surface area (TPSA) is 494 Å². The number of ether oxygens (including phenoxy) is 12. The SMILES string of the molecule is COc1cc2cc(c1)OC/C=C/CCOc1cc3c([nH]c(=O)n3C2)c(N)n1.COc1cc2cc(c1)OCCCCOc1cc3c([nH]c(=O)n3C2)c(N)n1.Cl.Nc1nc2cc3c1[nH]c(=O)n3Cc1ccc(F)c(c1)OC/C=C/CO2.Nc1nc2cc3c1[nH]c(=O)n3Cc1ccc(F)c(c1)OC/C=C/CO2.Nc1nc2cc3c1[nH]c(=O)n3Cc1cccc(c1)OCCCCCO2. The van der Waals surface area contributed by atoms with Gasteiger partial charge in [-0.1, -0.05) is 36.4 Å². The van der Waals surface area contributed by atoms with Gasteiger partial charge in [0.25, 0.3) is 0 Å². The molecule has 0 spiro atoms. The smallest absolute Gasteiger partial charge is 0.326 e. The fourth-order valence-electron chi connectivity index (χ4n) is 14.6. The first-order chi connectivity index (χ1) is 62.2. The summed E-state index contributed by atoms with van der Waals surface area (Å²) in [4.78, 5) is 96.7. The molecular formula is C89H91ClF2N20O17. The van der Waals surface area contributed by atoms with E-state index in [1.54, 1.807) is 107 Å². The highest BCUT2D eigenvalue weighted by atomic mass is 35.5. The number of nitrogen functional groups attached to an aromatic ring is 5. The van der Waals surface area contributed by atoms with Gasteiger partial charge in [-0.15, -0.1) is 12.4 Å². The number of rotatable bonds is 2. The van der Waals surface area contributed by atoms with E-state index in [2.05, 4.69) is 49.8 Å². The summed E-state index contributed by atoms with van der Waals surface area (Å²) >= 11 is 0. The van der Waals surface area contributed by atoms with Crippen LogP contribution in [-0.4, -0.2) is 153 Å². The van der Waals surface area contributed by atoms with Crippen molar-refractivity contribution < 1.29 is 65.6 Å². The van der Waals surface area contributed by atoms with Crippen molar-refractivity contribution >= 4 is 96.7 Å². The van der Waals surface area contributed by atoms with Gasteiger partial charge in [-0.05, 0) is 151 Å². The minimum atomic E-state index is -0.456. The quantitative estimate of drug-likeness (QED) is 0.0719. The number of imidazole rings is 5. The molecule has 5 aliphatic rings. The van der Waals surface area contributed by atoms with Crippen LogP contribution in [0.3, 0.4) is 0 Å². The number of fused-ring (bicyclic) bond motifs is 15. The molecule has 670 valence electrons. The van der Waals surface area contributed by atoms with Crippen molar-refractivity contribution in [3.05, 3.63) is 256 Å². The zero-order chi connectivity index (χ0) is 88.9. The molecule has 15 aromatic rings. The van der Waals surface area contributed by atoms with Crippen LogP contribution in [0.5, 0.6) is 69.6 Å². The van der Waals surface area contributed by atoms with Crippen molar-refractivity contribution in [3.8, 4) is 69.6 Å². The Balaban J connectivity index is 0.000000124. The molecule has 10 aromatic heterocycles. The molecule has 0 unspecified atom stereocenters. The standard InChI is InChI=1S/C19H20N4O4.C18H20N4O4.C18H20N4O3.2C17H15FN4O3.ClH/c1-25-13-7-12-8-14(9-13)26-5-3-2-4-6-27-16-10-15-17(18(20)21-16)22-19(24)23(15)11-12;1-24-12-6-11-7-13(8-12)25-4-2-3-5-26-15-9-14-16(17(19)20-15)21-18(23)22(14)10-11;19-17-16-14-10-15(20-17)25-8-3-1-2-7-24-13-6-4-5-12(9-13)11-22(14)18(23)21-16;2*18-11-4-3-10-7-13(11)24-5-1-2-6-25-14-8-12-15(16(19)20-14)21-17(23)22(12)9-10;/h2-3,7-10H,4-6,11H2,1H3,(H2,20,21)(H,22,24);6-9H,2-5,10H2,1H3,(H2,19,20)(H,21,23);4-6,9-10H,1-3,7-8,11H2,(H2,19,20)(H,21,23);2*1-4,7-8H,5-6,9H2,(H2,19,20)(H,21,23);1H/b3-2+;;;2*2-1+;. The predicted octanol–water partition coefficient (Wildman–Crippen LogP) is 10.4. The molecule has 129 heavy (non-hydrogen) atoms. The number of methoxy groups -OCH3 is 2. The van der Waals surface area contributed by atoms with E-state index < -0.39 is 11.6 Å². The molecule has 37 nitrogen and oxygen atoms in total. The fourth-order valence-corrected chi connectivity index (χ4v) is 14.6.